The molecule has 1 aliphatic carbocycles. The molecule has 1 saturated carbocycles. The Kier molecular flexibility index (Phi) is 9.46. The van der Waals surface area contributed by atoms with Crippen molar-refractivity contribution in [2.75, 3.05) is 0 Å². The summed E-state index contributed by atoms with van der Waals surface area (Å²) < 4.78 is 10.1. The third-order valence-corrected chi connectivity index (χ3v) is 4.50. The average Bonchev–Trinajstić information content (AvgIpc) is 2.51. The highest BCUT2D eigenvalue weighted by molar-refractivity contribution is 4.75. The minimum atomic E-state index is 0.120. The summed E-state index contributed by atoms with van der Waals surface area (Å²) in [6.07, 6.45) is 16.2. The van der Waals surface area contributed by atoms with E-state index < -0.39 is 0 Å². The van der Waals surface area contributed by atoms with E-state index in [0.29, 0.717) is 0 Å². The van der Waals surface area contributed by atoms with E-state index in [9.17, 15) is 0 Å². The van der Waals surface area contributed by atoms with Gasteiger partial charge in [-0.05, 0) is 50.9 Å². The smallest absolute Gasteiger partial charge is 0.286 e. The van der Waals surface area contributed by atoms with Crippen LogP contribution in [0.2, 0.25) is 0 Å². The highest BCUT2D eigenvalue weighted by Gasteiger charge is 2.21. The molecule has 0 radical (unpaired) electrons. The third-order valence-electron chi connectivity index (χ3n) is 4.50. The first kappa shape index (κ1) is 17.6. The van der Waals surface area contributed by atoms with Crippen molar-refractivity contribution < 1.29 is 9.47 Å². The van der Waals surface area contributed by atoms with Gasteiger partial charge >= 0.3 is 0 Å². The molecule has 0 N–H and O–H groups in total. The Balaban J connectivity index is 2.08. The number of ether oxygens (including phenoxy) is 2. The van der Waals surface area contributed by atoms with E-state index in [1.807, 2.05) is 6.26 Å². The predicted molar refractivity (Wildman–Crippen MR) is 80.9 cm³/mol. The highest BCUT2D eigenvalue weighted by Crippen LogP contribution is 2.30. The summed E-state index contributed by atoms with van der Waals surface area (Å²) in [5, 5.41) is 17.2. The quantitative estimate of drug-likeness (QED) is 0.434. The zero-order valence-corrected chi connectivity index (χ0v) is 13.2. The van der Waals surface area contributed by atoms with Gasteiger partial charge in [-0.15, -0.1) is 0 Å². The van der Waals surface area contributed by atoms with Gasteiger partial charge in [-0.2, -0.15) is 10.5 Å². The zero-order chi connectivity index (χ0) is 15.3. The Hall–Kier alpha value is -1.42. The molecule has 1 fully saturated rings. The largest absolute Gasteiger partial charge is 0.424 e. The van der Waals surface area contributed by atoms with E-state index in [0.717, 1.165) is 50.9 Å². The zero-order valence-electron chi connectivity index (χ0n) is 13.2. The van der Waals surface area contributed by atoms with Crippen molar-refractivity contribution >= 4 is 0 Å². The maximum Gasteiger partial charge on any atom is 0.286 e. The van der Waals surface area contributed by atoms with Crippen molar-refractivity contribution in [3.63, 3.8) is 0 Å². The summed E-state index contributed by atoms with van der Waals surface area (Å²) in [6.45, 7) is 2.16. The molecule has 0 aromatic heterocycles. The van der Waals surface area contributed by atoms with E-state index in [2.05, 4.69) is 6.92 Å². The normalized spacial score (nSPS) is 22.8. The van der Waals surface area contributed by atoms with Gasteiger partial charge in [-0.3, -0.25) is 0 Å². The van der Waals surface area contributed by atoms with Gasteiger partial charge in [0.15, 0.2) is 0 Å². The topological polar surface area (TPSA) is 66.0 Å². The summed E-state index contributed by atoms with van der Waals surface area (Å²) in [5.41, 5.74) is 0. The highest BCUT2D eigenvalue weighted by atomic mass is 16.5. The number of rotatable bonds is 10. The summed E-state index contributed by atoms with van der Waals surface area (Å²) in [5.74, 6) is 0.787. The number of hydrogen-bond donors (Lipinski definition) is 0. The van der Waals surface area contributed by atoms with E-state index in [1.165, 1.54) is 25.7 Å². The molecule has 0 saturated heterocycles. The van der Waals surface area contributed by atoms with Gasteiger partial charge in [0.1, 0.15) is 12.2 Å². The van der Waals surface area contributed by atoms with Gasteiger partial charge in [0, 0.05) is 0 Å². The van der Waals surface area contributed by atoms with Crippen LogP contribution < -0.4 is 0 Å². The Labute approximate surface area is 129 Å². The molecule has 1 rings (SSSR count). The molecule has 1 unspecified atom stereocenters. The van der Waals surface area contributed by atoms with E-state index in [-0.39, 0.29) is 12.2 Å². The lowest BCUT2D eigenvalue weighted by Crippen LogP contribution is -2.20. The maximum atomic E-state index is 8.66. The van der Waals surface area contributed by atoms with Gasteiger partial charge in [0.25, 0.3) is 12.5 Å². The molecule has 0 bridgehead atoms. The molecule has 1 atom stereocenters. The molecule has 118 valence electrons. The second-order valence-electron chi connectivity index (χ2n) is 6.11. The molecule has 0 amide bonds. The van der Waals surface area contributed by atoms with Crippen molar-refractivity contribution in [3.8, 4) is 12.5 Å². The molecule has 1 aliphatic rings. The van der Waals surface area contributed by atoms with Crippen molar-refractivity contribution in [1.82, 2.24) is 0 Å². The number of hydrogen-bond acceptors (Lipinski definition) is 4. The first-order valence-electron chi connectivity index (χ1n) is 8.39. The van der Waals surface area contributed by atoms with Crippen LogP contribution in [-0.4, -0.2) is 12.2 Å². The van der Waals surface area contributed by atoms with Gasteiger partial charge in [0.05, 0.1) is 0 Å². The Morgan fingerprint density at radius 1 is 1.00 bits per heavy atom. The molecule has 0 spiro atoms. The van der Waals surface area contributed by atoms with Crippen LogP contribution in [-0.2, 0) is 9.47 Å². The molecule has 21 heavy (non-hydrogen) atoms. The summed E-state index contributed by atoms with van der Waals surface area (Å²) in [6, 6.07) is 0. The fourth-order valence-electron chi connectivity index (χ4n) is 3.19. The average molecular weight is 292 g/mol. The lowest BCUT2D eigenvalue weighted by Gasteiger charge is -2.26. The summed E-state index contributed by atoms with van der Waals surface area (Å²) in [7, 11) is 0. The predicted octanol–water partition coefficient (Wildman–Crippen LogP) is 4.66. The van der Waals surface area contributed by atoms with E-state index in [1.54, 1.807) is 6.26 Å². The molecule has 4 heteroatoms. The molecule has 0 aromatic rings. The maximum absolute atomic E-state index is 8.66. The fraction of sp³-hybridized carbons (Fsp3) is 0.882. The van der Waals surface area contributed by atoms with Gasteiger partial charge in [0.2, 0.25) is 0 Å². The van der Waals surface area contributed by atoms with E-state index in [4.69, 9.17) is 20.0 Å². The van der Waals surface area contributed by atoms with Crippen LogP contribution >= 0.6 is 0 Å². The van der Waals surface area contributed by atoms with Gasteiger partial charge in [-0.25, -0.2) is 0 Å². The van der Waals surface area contributed by atoms with Crippen LogP contribution in [0.25, 0.3) is 0 Å². The lowest BCUT2D eigenvalue weighted by atomic mass is 9.84. The first-order chi connectivity index (χ1) is 10.3. The molecular formula is C17H28N2O2. The SMILES string of the molecule is CCCCC(CCCCC1CCC(OC#N)CC1)OC#N. The van der Waals surface area contributed by atoms with Crippen LogP contribution in [0, 0.1) is 29.0 Å². The Bertz CT molecular complexity index is 338. The fourth-order valence-corrected chi connectivity index (χ4v) is 3.19. The molecule has 0 aliphatic heterocycles. The molecule has 4 nitrogen and oxygen atoms in total. The monoisotopic (exact) mass is 292 g/mol. The lowest BCUT2D eigenvalue weighted by molar-refractivity contribution is 0.0971. The molecule has 0 aromatic carbocycles. The standard InChI is InChI=1S/C17H28N2O2/c1-2-3-7-16(20-13-18)8-5-4-6-15-9-11-17(12-10-15)21-14-19/h15-17H,2-12H2,1H3. The van der Waals surface area contributed by atoms with Crippen LogP contribution in [0.4, 0.5) is 0 Å². The third kappa shape index (κ3) is 7.81. The number of nitriles is 2. The summed E-state index contributed by atoms with van der Waals surface area (Å²) in [4.78, 5) is 0. The van der Waals surface area contributed by atoms with Gasteiger partial charge < -0.3 is 9.47 Å². The number of unbranched alkanes of at least 4 members (excludes halogenated alkanes) is 2. The molecular weight excluding hydrogens is 264 g/mol. The van der Waals surface area contributed by atoms with Crippen molar-refractivity contribution in [3.05, 3.63) is 0 Å². The van der Waals surface area contributed by atoms with Crippen LogP contribution in [0.1, 0.15) is 77.6 Å². The van der Waals surface area contributed by atoms with Crippen LogP contribution in [0.3, 0.4) is 0 Å². The first-order valence-corrected chi connectivity index (χ1v) is 8.39. The van der Waals surface area contributed by atoms with E-state index >= 15 is 0 Å². The summed E-state index contributed by atoms with van der Waals surface area (Å²) >= 11 is 0. The second kappa shape index (κ2) is 11.3. The van der Waals surface area contributed by atoms with Crippen LogP contribution in [0.5, 0.6) is 0 Å². The second-order valence-corrected chi connectivity index (χ2v) is 6.11. The molecule has 0 heterocycles. The van der Waals surface area contributed by atoms with Crippen molar-refractivity contribution in [1.29, 1.82) is 10.5 Å². The Morgan fingerprint density at radius 3 is 2.33 bits per heavy atom. The van der Waals surface area contributed by atoms with Crippen molar-refractivity contribution in [2.45, 2.75) is 89.8 Å². The minimum Gasteiger partial charge on any atom is -0.424 e. The van der Waals surface area contributed by atoms with Crippen LogP contribution in [0.15, 0.2) is 0 Å². The van der Waals surface area contributed by atoms with Crippen molar-refractivity contribution in [2.24, 2.45) is 5.92 Å². The number of nitrogens with zero attached hydrogens (tertiary/aromatic N) is 2. The Morgan fingerprint density at radius 2 is 1.71 bits per heavy atom. The van der Waals surface area contributed by atoms with Gasteiger partial charge in [-0.1, -0.05) is 32.6 Å². The minimum absolute atomic E-state index is 0.120.